The van der Waals surface area contributed by atoms with Crippen LogP contribution in [0.4, 0.5) is 0 Å². The fraction of sp³-hybridized carbons (Fsp3) is 1.00. The molecular weight excluding hydrogens is 150 g/mol. The first-order chi connectivity index (χ1) is 5.47. The van der Waals surface area contributed by atoms with Gasteiger partial charge in [-0.3, -0.25) is 0 Å². The highest BCUT2D eigenvalue weighted by Gasteiger charge is 2.21. The Morgan fingerprint density at radius 1 is 1.42 bits per heavy atom. The zero-order valence-corrected chi connectivity index (χ0v) is 8.76. The van der Waals surface area contributed by atoms with Crippen LogP contribution in [0.15, 0.2) is 0 Å². The van der Waals surface area contributed by atoms with Gasteiger partial charge in [-0.05, 0) is 18.9 Å². The molecule has 0 aliphatic carbocycles. The van der Waals surface area contributed by atoms with Gasteiger partial charge in [0.15, 0.2) is 0 Å². The third kappa shape index (κ3) is 3.55. The van der Waals surface area contributed by atoms with E-state index in [1.165, 1.54) is 13.0 Å². The van der Waals surface area contributed by atoms with Crippen LogP contribution in [0.5, 0.6) is 0 Å². The smallest absolute Gasteiger partial charge is 0.0714 e. The minimum absolute atomic E-state index is 0.307. The lowest BCUT2D eigenvalue weighted by Crippen LogP contribution is -2.24. The molecule has 0 spiro atoms. The molecule has 1 atom stereocenters. The summed E-state index contributed by atoms with van der Waals surface area (Å²) in [5.41, 5.74) is 0.307. The van der Waals surface area contributed by atoms with Crippen LogP contribution in [-0.4, -0.2) is 37.7 Å². The van der Waals surface area contributed by atoms with E-state index in [1.807, 2.05) is 0 Å². The lowest BCUT2D eigenvalue weighted by molar-refractivity contribution is 0.0153. The van der Waals surface area contributed by atoms with E-state index in [0.29, 0.717) is 11.5 Å². The monoisotopic (exact) mass is 171 g/mol. The molecule has 0 unspecified atom stereocenters. The fourth-order valence-electron chi connectivity index (χ4n) is 1.40. The van der Waals surface area contributed by atoms with Gasteiger partial charge in [-0.2, -0.15) is 0 Å². The number of likely N-dealkylation sites (N-methyl/N-ethyl adjacent to an activating group) is 1. The average molecular weight is 171 g/mol. The summed E-state index contributed by atoms with van der Waals surface area (Å²) >= 11 is 0. The number of likely N-dealkylation sites (tertiary alicyclic amines) is 1. The molecule has 72 valence electrons. The van der Waals surface area contributed by atoms with Crippen LogP contribution in [0.3, 0.4) is 0 Å². The van der Waals surface area contributed by atoms with E-state index in [9.17, 15) is 0 Å². The van der Waals surface area contributed by atoms with Crippen LogP contribution in [0.2, 0.25) is 0 Å². The summed E-state index contributed by atoms with van der Waals surface area (Å²) < 4.78 is 5.80. The highest BCUT2D eigenvalue weighted by Crippen LogP contribution is 2.17. The second-order valence-electron chi connectivity index (χ2n) is 5.04. The van der Waals surface area contributed by atoms with Gasteiger partial charge in [0.2, 0.25) is 0 Å². The minimum Gasteiger partial charge on any atom is -0.376 e. The predicted octanol–water partition coefficient (Wildman–Crippen LogP) is 1.75. The van der Waals surface area contributed by atoms with Crippen molar-refractivity contribution in [1.82, 2.24) is 4.90 Å². The van der Waals surface area contributed by atoms with Gasteiger partial charge in [0, 0.05) is 13.1 Å². The zero-order chi connectivity index (χ0) is 9.19. The molecule has 0 aromatic rings. The largest absolute Gasteiger partial charge is 0.376 e. The molecule has 0 bridgehead atoms. The predicted molar refractivity (Wildman–Crippen MR) is 51.3 cm³/mol. The van der Waals surface area contributed by atoms with Crippen molar-refractivity contribution in [3.63, 3.8) is 0 Å². The molecule has 12 heavy (non-hydrogen) atoms. The van der Waals surface area contributed by atoms with E-state index in [-0.39, 0.29) is 0 Å². The first-order valence-electron chi connectivity index (χ1n) is 4.77. The van der Waals surface area contributed by atoms with Crippen LogP contribution in [-0.2, 0) is 4.74 Å². The third-order valence-electron chi connectivity index (χ3n) is 2.10. The summed E-state index contributed by atoms with van der Waals surface area (Å²) in [4.78, 5) is 2.33. The second kappa shape index (κ2) is 3.75. The zero-order valence-electron chi connectivity index (χ0n) is 8.76. The maximum absolute atomic E-state index is 5.80. The van der Waals surface area contributed by atoms with Gasteiger partial charge in [0.25, 0.3) is 0 Å². The van der Waals surface area contributed by atoms with Gasteiger partial charge in [0.05, 0.1) is 12.7 Å². The Kier molecular flexibility index (Phi) is 3.13. The van der Waals surface area contributed by atoms with Crippen molar-refractivity contribution >= 4 is 0 Å². The summed E-state index contributed by atoms with van der Waals surface area (Å²) in [5.74, 6) is 0. The van der Waals surface area contributed by atoms with Crippen molar-refractivity contribution < 1.29 is 4.74 Å². The molecule has 2 heteroatoms. The molecular formula is C10H21NO. The Morgan fingerprint density at radius 2 is 2.08 bits per heavy atom. The van der Waals surface area contributed by atoms with Crippen LogP contribution in [0.25, 0.3) is 0 Å². The topological polar surface area (TPSA) is 12.5 Å². The van der Waals surface area contributed by atoms with E-state index >= 15 is 0 Å². The highest BCUT2D eigenvalue weighted by molar-refractivity contribution is 4.74. The normalized spacial score (nSPS) is 26.5. The molecule has 1 fully saturated rings. The van der Waals surface area contributed by atoms with Crippen molar-refractivity contribution in [2.75, 3.05) is 26.7 Å². The summed E-state index contributed by atoms with van der Waals surface area (Å²) in [6.07, 6.45) is 1.68. The highest BCUT2D eigenvalue weighted by atomic mass is 16.5. The Morgan fingerprint density at radius 3 is 2.50 bits per heavy atom. The van der Waals surface area contributed by atoms with Crippen LogP contribution < -0.4 is 0 Å². The Labute approximate surface area is 75.9 Å². The number of ether oxygens (including phenoxy) is 1. The summed E-state index contributed by atoms with van der Waals surface area (Å²) in [5, 5.41) is 0. The SMILES string of the molecule is CN1CC[C@H](OCC(C)(C)C)C1. The van der Waals surface area contributed by atoms with Crippen molar-refractivity contribution in [1.29, 1.82) is 0 Å². The quantitative estimate of drug-likeness (QED) is 0.627. The summed E-state index contributed by atoms with van der Waals surface area (Å²) in [6, 6.07) is 0. The first kappa shape index (κ1) is 10.0. The van der Waals surface area contributed by atoms with Gasteiger partial charge < -0.3 is 9.64 Å². The summed E-state index contributed by atoms with van der Waals surface area (Å²) in [6.45, 7) is 9.82. The molecule has 1 saturated heterocycles. The standard InChI is InChI=1S/C10H21NO/c1-10(2,3)8-12-9-5-6-11(4)7-9/h9H,5-8H2,1-4H3/t9-/m0/s1. The van der Waals surface area contributed by atoms with E-state index in [2.05, 4.69) is 32.7 Å². The maximum atomic E-state index is 5.80. The Hall–Kier alpha value is -0.0800. The van der Waals surface area contributed by atoms with E-state index in [0.717, 1.165) is 13.2 Å². The number of hydrogen-bond acceptors (Lipinski definition) is 2. The molecule has 1 heterocycles. The van der Waals surface area contributed by atoms with Crippen molar-refractivity contribution in [3.05, 3.63) is 0 Å². The van der Waals surface area contributed by atoms with Crippen molar-refractivity contribution in [3.8, 4) is 0 Å². The van der Waals surface area contributed by atoms with Gasteiger partial charge in [-0.15, -0.1) is 0 Å². The molecule has 1 aliphatic rings. The van der Waals surface area contributed by atoms with Crippen molar-refractivity contribution in [2.45, 2.75) is 33.3 Å². The second-order valence-corrected chi connectivity index (χ2v) is 5.04. The van der Waals surface area contributed by atoms with Gasteiger partial charge in [-0.25, -0.2) is 0 Å². The van der Waals surface area contributed by atoms with Crippen LogP contribution in [0.1, 0.15) is 27.2 Å². The molecule has 0 N–H and O–H groups in total. The lowest BCUT2D eigenvalue weighted by atomic mass is 9.98. The van der Waals surface area contributed by atoms with Crippen LogP contribution in [0, 0.1) is 5.41 Å². The maximum Gasteiger partial charge on any atom is 0.0714 e. The Bertz CT molecular complexity index is 139. The molecule has 0 radical (unpaired) electrons. The number of nitrogens with zero attached hydrogens (tertiary/aromatic N) is 1. The fourth-order valence-corrected chi connectivity index (χ4v) is 1.40. The summed E-state index contributed by atoms with van der Waals surface area (Å²) in [7, 11) is 2.15. The van der Waals surface area contributed by atoms with Gasteiger partial charge in [0.1, 0.15) is 0 Å². The van der Waals surface area contributed by atoms with E-state index in [4.69, 9.17) is 4.74 Å². The molecule has 1 rings (SSSR count). The molecule has 2 nitrogen and oxygen atoms in total. The van der Waals surface area contributed by atoms with Gasteiger partial charge >= 0.3 is 0 Å². The molecule has 0 saturated carbocycles. The van der Waals surface area contributed by atoms with Crippen LogP contribution >= 0.6 is 0 Å². The third-order valence-corrected chi connectivity index (χ3v) is 2.10. The molecule has 0 aromatic heterocycles. The van der Waals surface area contributed by atoms with Gasteiger partial charge in [-0.1, -0.05) is 20.8 Å². The molecule has 0 aromatic carbocycles. The lowest BCUT2D eigenvalue weighted by Gasteiger charge is -2.21. The average Bonchev–Trinajstić information content (AvgIpc) is 2.30. The number of hydrogen-bond donors (Lipinski definition) is 0. The van der Waals surface area contributed by atoms with E-state index < -0.39 is 0 Å². The molecule has 0 amide bonds. The molecule has 1 aliphatic heterocycles. The number of rotatable bonds is 2. The van der Waals surface area contributed by atoms with E-state index in [1.54, 1.807) is 0 Å². The Balaban J connectivity index is 2.16. The minimum atomic E-state index is 0.307. The first-order valence-corrected chi connectivity index (χ1v) is 4.77. The van der Waals surface area contributed by atoms with Crippen molar-refractivity contribution in [2.24, 2.45) is 5.41 Å².